The molecule has 2 aromatic rings. The van der Waals surface area contributed by atoms with Crippen LogP contribution in [0.2, 0.25) is 0 Å². The number of rotatable bonds is 3. The van der Waals surface area contributed by atoms with Crippen LogP contribution in [-0.2, 0) is 0 Å². The van der Waals surface area contributed by atoms with Gasteiger partial charge in [0.1, 0.15) is 4.99 Å². The van der Waals surface area contributed by atoms with E-state index < -0.39 is 0 Å². The van der Waals surface area contributed by atoms with E-state index in [1.165, 1.54) is 11.1 Å². The van der Waals surface area contributed by atoms with Crippen molar-refractivity contribution in [2.24, 2.45) is 5.73 Å². The van der Waals surface area contributed by atoms with Crippen LogP contribution >= 0.6 is 12.2 Å². The Labute approximate surface area is 119 Å². The molecule has 0 saturated carbocycles. The fourth-order valence-corrected chi connectivity index (χ4v) is 2.40. The molecule has 0 heterocycles. The second kappa shape index (κ2) is 5.41. The van der Waals surface area contributed by atoms with Gasteiger partial charge in [0.2, 0.25) is 0 Å². The minimum Gasteiger partial charge on any atom is -0.389 e. The molecule has 19 heavy (non-hydrogen) atoms. The average molecular weight is 270 g/mol. The monoisotopic (exact) mass is 270 g/mol. The van der Waals surface area contributed by atoms with Crippen molar-refractivity contribution in [3.8, 4) is 0 Å². The molecule has 0 atom stereocenters. The van der Waals surface area contributed by atoms with E-state index in [0.717, 1.165) is 22.5 Å². The minimum absolute atomic E-state index is 0.413. The molecule has 0 aliphatic carbocycles. The predicted octanol–water partition coefficient (Wildman–Crippen LogP) is 3.99. The van der Waals surface area contributed by atoms with Gasteiger partial charge >= 0.3 is 0 Å². The second-order valence-corrected chi connectivity index (χ2v) is 5.30. The van der Waals surface area contributed by atoms with Gasteiger partial charge in [0.15, 0.2) is 0 Å². The van der Waals surface area contributed by atoms with E-state index in [1.807, 2.05) is 25.1 Å². The number of nitrogens with two attached hydrogens (primary N) is 1. The molecule has 0 bridgehead atoms. The van der Waals surface area contributed by atoms with Gasteiger partial charge in [-0.3, -0.25) is 0 Å². The largest absolute Gasteiger partial charge is 0.389 e. The molecular formula is C16H18N2S. The first-order valence-corrected chi connectivity index (χ1v) is 6.63. The van der Waals surface area contributed by atoms with E-state index in [0.29, 0.717) is 4.99 Å². The van der Waals surface area contributed by atoms with Crippen LogP contribution in [0.15, 0.2) is 36.4 Å². The second-order valence-electron chi connectivity index (χ2n) is 4.86. The third-order valence-corrected chi connectivity index (χ3v) is 3.25. The molecular weight excluding hydrogens is 252 g/mol. The molecule has 2 rings (SSSR count). The summed E-state index contributed by atoms with van der Waals surface area (Å²) in [4.78, 5) is 0.413. The Morgan fingerprint density at radius 2 is 1.68 bits per heavy atom. The maximum Gasteiger partial charge on any atom is 0.106 e. The fraction of sp³-hybridized carbons (Fsp3) is 0.188. The molecule has 2 nitrogen and oxygen atoms in total. The van der Waals surface area contributed by atoms with Crippen LogP contribution in [0.5, 0.6) is 0 Å². The van der Waals surface area contributed by atoms with Gasteiger partial charge in [0.25, 0.3) is 0 Å². The van der Waals surface area contributed by atoms with Crippen LogP contribution in [0, 0.1) is 20.8 Å². The zero-order valence-corrected chi connectivity index (χ0v) is 12.3. The summed E-state index contributed by atoms with van der Waals surface area (Å²) in [5.41, 5.74) is 12.3. The van der Waals surface area contributed by atoms with E-state index in [9.17, 15) is 0 Å². The SMILES string of the molecule is Cc1cc(C)cc(Nc2c(C)cccc2C(N)=S)c1. The Bertz CT molecular complexity index is 612. The predicted molar refractivity (Wildman–Crippen MR) is 86.3 cm³/mol. The highest BCUT2D eigenvalue weighted by atomic mass is 32.1. The van der Waals surface area contributed by atoms with Crippen LogP contribution < -0.4 is 11.1 Å². The standard InChI is InChI=1S/C16H18N2S/c1-10-7-11(2)9-13(8-10)18-15-12(3)5-4-6-14(15)16(17)19/h4-9,18H,1-3H3,(H2,17,19). The summed E-state index contributed by atoms with van der Waals surface area (Å²) >= 11 is 5.11. The average Bonchev–Trinajstić information content (AvgIpc) is 2.30. The first kappa shape index (κ1) is 13.6. The van der Waals surface area contributed by atoms with Gasteiger partial charge in [0, 0.05) is 11.3 Å². The number of hydrogen-bond donors (Lipinski definition) is 2. The molecule has 0 aliphatic heterocycles. The lowest BCUT2D eigenvalue weighted by Crippen LogP contribution is -2.12. The van der Waals surface area contributed by atoms with Crippen molar-refractivity contribution in [1.82, 2.24) is 0 Å². The van der Waals surface area contributed by atoms with E-state index in [1.54, 1.807) is 0 Å². The van der Waals surface area contributed by atoms with Crippen molar-refractivity contribution < 1.29 is 0 Å². The van der Waals surface area contributed by atoms with Crippen molar-refractivity contribution in [2.75, 3.05) is 5.32 Å². The van der Waals surface area contributed by atoms with Gasteiger partial charge in [0.05, 0.1) is 5.69 Å². The van der Waals surface area contributed by atoms with Crippen molar-refractivity contribution in [3.63, 3.8) is 0 Å². The molecule has 3 heteroatoms. The molecule has 0 saturated heterocycles. The van der Waals surface area contributed by atoms with Gasteiger partial charge in [-0.05, 0) is 55.7 Å². The molecule has 98 valence electrons. The van der Waals surface area contributed by atoms with Crippen molar-refractivity contribution in [3.05, 3.63) is 58.7 Å². The van der Waals surface area contributed by atoms with Gasteiger partial charge in [-0.15, -0.1) is 0 Å². The Morgan fingerprint density at radius 1 is 1.05 bits per heavy atom. The summed E-state index contributed by atoms with van der Waals surface area (Å²) in [6.45, 7) is 6.22. The molecule has 0 aromatic heterocycles. The highest BCUT2D eigenvalue weighted by molar-refractivity contribution is 7.80. The summed E-state index contributed by atoms with van der Waals surface area (Å²) in [7, 11) is 0. The normalized spacial score (nSPS) is 10.3. The van der Waals surface area contributed by atoms with Crippen molar-refractivity contribution in [1.29, 1.82) is 0 Å². The van der Waals surface area contributed by atoms with Gasteiger partial charge in [-0.25, -0.2) is 0 Å². The van der Waals surface area contributed by atoms with Crippen LogP contribution in [0.1, 0.15) is 22.3 Å². The zero-order valence-electron chi connectivity index (χ0n) is 11.4. The Hall–Kier alpha value is -1.87. The van der Waals surface area contributed by atoms with Crippen LogP contribution in [0.3, 0.4) is 0 Å². The number of thiocarbonyl (C=S) groups is 1. The molecule has 0 aliphatic rings. The first-order chi connectivity index (χ1) is 8.97. The topological polar surface area (TPSA) is 38.0 Å². The third kappa shape index (κ3) is 3.12. The lowest BCUT2D eigenvalue weighted by Gasteiger charge is -2.15. The number of benzene rings is 2. The summed E-state index contributed by atoms with van der Waals surface area (Å²) in [6.07, 6.45) is 0. The summed E-state index contributed by atoms with van der Waals surface area (Å²) < 4.78 is 0. The van der Waals surface area contributed by atoms with Crippen LogP contribution in [-0.4, -0.2) is 4.99 Å². The highest BCUT2D eigenvalue weighted by Crippen LogP contribution is 2.26. The number of anilines is 2. The molecule has 0 unspecified atom stereocenters. The quantitative estimate of drug-likeness (QED) is 0.828. The van der Waals surface area contributed by atoms with Gasteiger partial charge in [-0.2, -0.15) is 0 Å². The maximum absolute atomic E-state index is 5.79. The molecule has 0 fully saturated rings. The molecule has 0 radical (unpaired) electrons. The fourth-order valence-electron chi connectivity index (χ4n) is 2.23. The first-order valence-electron chi connectivity index (χ1n) is 6.22. The smallest absolute Gasteiger partial charge is 0.106 e. The molecule has 0 spiro atoms. The van der Waals surface area contributed by atoms with Crippen molar-refractivity contribution >= 4 is 28.6 Å². The number of para-hydroxylation sites is 1. The number of aryl methyl sites for hydroxylation is 3. The van der Waals surface area contributed by atoms with Crippen LogP contribution in [0.4, 0.5) is 11.4 Å². The minimum atomic E-state index is 0.413. The van der Waals surface area contributed by atoms with Crippen LogP contribution in [0.25, 0.3) is 0 Å². The van der Waals surface area contributed by atoms with Gasteiger partial charge in [-0.1, -0.05) is 30.4 Å². The van der Waals surface area contributed by atoms with E-state index in [4.69, 9.17) is 18.0 Å². The lowest BCUT2D eigenvalue weighted by atomic mass is 10.1. The number of nitrogens with one attached hydrogen (secondary N) is 1. The third-order valence-electron chi connectivity index (χ3n) is 3.03. The summed E-state index contributed by atoms with van der Waals surface area (Å²) in [5, 5.41) is 3.44. The zero-order chi connectivity index (χ0) is 14.0. The van der Waals surface area contributed by atoms with E-state index in [-0.39, 0.29) is 0 Å². The summed E-state index contributed by atoms with van der Waals surface area (Å²) in [5.74, 6) is 0. The Balaban J connectivity index is 2.45. The maximum atomic E-state index is 5.79. The molecule has 2 aromatic carbocycles. The Morgan fingerprint density at radius 3 is 2.26 bits per heavy atom. The molecule has 3 N–H and O–H groups in total. The lowest BCUT2D eigenvalue weighted by molar-refractivity contribution is 1.36. The molecule has 0 amide bonds. The Kier molecular flexibility index (Phi) is 3.86. The number of hydrogen-bond acceptors (Lipinski definition) is 2. The summed E-state index contributed by atoms with van der Waals surface area (Å²) in [6, 6.07) is 12.3. The van der Waals surface area contributed by atoms with E-state index in [2.05, 4.69) is 37.4 Å². The highest BCUT2D eigenvalue weighted by Gasteiger charge is 2.08. The van der Waals surface area contributed by atoms with E-state index >= 15 is 0 Å². The van der Waals surface area contributed by atoms with Gasteiger partial charge < -0.3 is 11.1 Å². The van der Waals surface area contributed by atoms with Crippen molar-refractivity contribution in [2.45, 2.75) is 20.8 Å².